The molecule has 5 rings (SSSR count). The van der Waals surface area contributed by atoms with Crippen molar-refractivity contribution >= 4 is 11.7 Å². The van der Waals surface area contributed by atoms with Gasteiger partial charge in [-0.15, -0.1) is 0 Å². The van der Waals surface area contributed by atoms with Crippen LogP contribution in [0.15, 0.2) is 91.1 Å². The Kier molecular flexibility index (Phi) is 5.48. The summed E-state index contributed by atoms with van der Waals surface area (Å²) in [6, 6.07) is 27.1. The van der Waals surface area contributed by atoms with Crippen molar-refractivity contribution in [3.8, 4) is 17.2 Å². The van der Waals surface area contributed by atoms with Gasteiger partial charge in [-0.2, -0.15) is 0 Å². The predicted octanol–water partition coefficient (Wildman–Crippen LogP) is 5.63. The van der Waals surface area contributed by atoms with Crippen LogP contribution in [-0.4, -0.2) is 29.7 Å². The second kappa shape index (κ2) is 8.74. The van der Waals surface area contributed by atoms with Gasteiger partial charge in [-0.05, 0) is 53.6 Å². The molecule has 0 spiro atoms. The minimum atomic E-state index is -0.337. The van der Waals surface area contributed by atoms with Gasteiger partial charge in [0.25, 0.3) is 0 Å². The number of fused-ring (bicyclic) bond motifs is 3. The number of hydrogen-bond donors (Lipinski definition) is 1. The summed E-state index contributed by atoms with van der Waals surface area (Å²) in [4.78, 5) is 15.5. The summed E-state index contributed by atoms with van der Waals surface area (Å²) in [5, 5.41) is 3.07. The molecule has 4 aromatic rings. The number of anilines is 1. The van der Waals surface area contributed by atoms with Crippen molar-refractivity contribution in [3.05, 3.63) is 108 Å². The number of carbonyl (C=O) groups excluding carboxylic acids is 1. The number of methoxy groups -OCH3 is 2. The number of nitrogens with zero attached hydrogens (tertiary/aromatic N) is 2. The number of hydrogen-bond acceptors (Lipinski definition) is 3. The lowest BCUT2D eigenvalue weighted by Crippen LogP contribution is -2.37. The van der Waals surface area contributed by atoms with Crippen molar-refractivity contribution in [1.82, 2.24) is 9.47 Å². The van der Waals surface area contributed by atoms with E-state index in [0.29, 0.717) is 18.0 Å². The monoisotopic (exact) mass is 439 g/mol. The van der Waals surface area contributed by atoms with Crippen LogP contribution < -0.4 is 14.8 Å². The number of nitrogens with one attached hydrogen (secondary N) is 1. The smallest absolute Gasteiger partial charge is 0.322 e. The third-order valence-electron chi connectivity index (χ3n) is 5.97. The van der Waals surface area contributed by atoms with Crippen LogP contribution >= 0.6 is 0 Å². The molecule has 1 atom stereocenters. The highest BCUT2D eigenvalue weighted by Gasteiger charge is 2.33. The van der Waals surface area contributed by atoms with Gasteiger partial charge in [0.15, 0.2) is 11.5 Å². The summed E-state index contributed by atoms with van der Waals surface area (Å²) in [7, 11) is 3.23. The molecule has 1 aliphatic rings. The van der Waals surface area contributed by atoms with Gasteiger partial charge in [0, 0.05) is 17.6 Å². The van der Waals surface area contributed by atoms with Crippen molar-refractivity contribution in [1.29, 1.82) is 0 Å². The number of carbonyl (C=O) groups is 1. The van der Waals surface area contributed by atoms with Crippen molar-refractivity contribution in [2.75, 3.05) is 19.5 Å². The standard InChI is InChI=1S/C27H25N3O3/c1-32-24-15-14-19(17-25(24)33-2)26-23-13-8-16-29(23)22-12-7-6-9-20(22)18-30(26)27(31)28-21-10-4-3-5-11-21/h3-17,26H,18H2,1-2H3,(H,28,31)/t26-/m0/s1. The Bertz CT molecular complexity index is 1280. The Hall–Kier alpha value is -4.19. The topological polar surface area (TPSA) is 55.7 Å². The maximum atomic E-state index is 13.7. The highest BCUT2D eigenvalue weighted by molar-refractivity contribution is 5.90. The summed E-state index contributed by atoms with van der Waals surface area (Å²) >= 11 is 0. The largest absolute Gasteiger partial charge is 0.493 e. The Balaban J connectivity index is 1.65. The van der Waals surface area contributed by atoms with E-state index >= 15 is 0 Å². The van der Waals surface area contributed by atoms with Gasteiger partial charge < -0.3 is 24.3 Å². The third kappa shape index (κ3) is 3.80. The molecule has 2 heterocycles. The van der Waals surface area contributed by atoms with E-state index in [-0.39, 0.29) is 12.1 Å². The molecule has 0 aliphatic carbocycles. The Morgan fingerprint density at radius 2 is 1.64 bits per heavy atom. The van der Waals surface area contributed by atoms with Crippen LogP contribution in [0.4, 0.5) is 10.5 Å². The molecule has 0 radical (unpaired) electrons. The first kappa shape index (κ1) is 20.7. The highest BCUT2D eigenvalue weighted by atomic mass is 16.5. The average Bonchev–Trinajstić information content (AvgIpc) is 3.28. The number of aromatic nitrogens is 1. The summed E-state index contributed by atoms with van der Waals surface area (Å²) < 4.78 is 13.2. The highest BCUT2D eigenvalue weighted by Crippen LogP contribution is 2.39. The molecule has 166 valence electrons. The minimum Gasteiger partial charge on any atom is -0.493 e. The van der Waals surface area contributed by atoms with E-state index in [1.54, 1.807) is 14.2 Å². The molecule has 0 saturated heterocycles. The second-order valence-electron chi connectivity index (χ2n) is 7.87. The first-order valence-electron chi connectivity index (χ1n) is 10.8. The van der Waals surface area contributed by atoms with E-state index < -0.39 is 0 Å². The fourth-order valence-electron chi connectivity index (χ4n) is 4.43. The molecule has 0 unspecified atom stereocenters. The van der Waals surface area contributed by atoms with Gasteiger partial charge in [0.1, 0.15) is 0 Å². The zero-order valence-electron chi connectivity index (χ0n) is 18.6. The fourth-order valence-corrected chi connectivity index (χ4v) is 4.43. The lowest BCUT2D eigenvalue weighted by molar-refractivity contribution is 0.194. The normalized spacial score (nSPS) is 14.6. The molecule has 0 bridgehead atoms. The maximum absolute atomic E-state index is 13.7. The fraction of sp³-hybridized carbons (Fsp3) is 0.148. The Labute approximate surface area is 193 Å². The molecular formula is C27H25N3O3. The van der Waals surface area contributed by atoms with Crippen LogP contribution in [0, 0.1) is 0 Å². The second-order valence-corrected chi connectivity index (χ2v) is 7.87. The molecule has 1 aliphatic heterocycles. The lowest BCUT2D eigenvalue weighted by Gasteiger charge is -2.31. The van der Waals surface area contributed by atoms with Gasteiger partial charge in [-0.1, -0.05) is 42.5 Å². The van der Waals surface area contributed by atoms with Gasteiger partial charge in [0.05, 0.1) is 32.5 Å². The summed E-state index contributed by atoms with van der Waals surface area (Å²) in [6.07, 6.45) is 2.04. The molecule has 0 fully saturated rings. The number of amides is 2. The Morgan fingerprint density at radius 1 is 0.879 bits per heavy atom. The van der Waals surface area contributed by atoms with Crippen LogP contribution in [0.25, 0.3) is 5.69 Å². The first-order chi connectivity index (χ1) is 16.2. The number of para-hydroxylation sites is 2. The Morgan fingerprint density at radius 3 is 2.42 bits per heavy atom. The van der Waals surface area contributed by atoms with E-state index in [2.05, 4.69) is 28.1 Å². The molecule has 2 amide bonds. The summed E-state index contributed by atoms with van der Waals surface area (Å²) in [5.74, 6) is 1.27. The maximum Gasteiger partial charge on any atom is 0.322 e. The molecule has 0 saturated carbocycles. The van der Waals surface area contributed by atoms with Crippen molar-refractivity contribution < 1.29 is 14.3 Å². The molecule has 33 heavy (non-hydrogen) atoms. The zero-order valence-corrected chi connectivity index (χ0v) is 18.6. The van der Waals surface area contributed by atoms with Crippen LogP contribution in [0.5, 0.6) is 11.5 Å². The van der Waals surface area contributed by atoms with Crippen LogP contribution in [-0.2, 0) is 6.54 Å². The summed E-state index contributed by atoms with van der Waals surface area (Å²) in [5.41, 5.74) is 4.82. The molecule has 1 N–H and O–H groups in total. The molecule has 6 heteroatoms. The lowest BCUT2D eigenvalue weighted by atomic mass is 10.0. The average molecular weight is 440 g/mol. The number of benzene rings is 3. The SMILES string of the molecule is COc1ccc([C@H]2c3cccn3-c3ccccc3CN2C(=O)Nc2ccccc2)cc1OC. The van der Waals surface area contributed by atoms with Crippen LogP contribution in [0.1, 0.15) is 22.9 Å². The minimum absolute atomic E-state index is 0.176. The van der Waals surface area contributed by atoms with E-state index in [1.165, 1.54) is 0 Å². The number of urea groups is 1. The van der Waals surface area contributed by atoms with Gasteiger partial charge in [0.2, 0.25) is 0 Å². The van der Waals surface area contributed by atoms with E-state index in [0.717, 1.165) is 28.2 Å². The van der Waals surface area contributed by atoms with E-state index in [4.69, 9.17) is 9.47 Å². The third-order valence-corrected chi connectivity index (χ3v) is 5.97. The molecule has 1 aromatic heterocycles. The molecule has 6 nitrogen and oxygen atoms in total. The zero-order chi connectivity index (χ0) is 22.8. The van der Waals surface area contributed by atoms with Gasteiger partial charge in [-0.25, -0.2) is 4.79 Å². The quantitative estimate of drug-likeness (QED) is 0.448. The number of ether oxygens (including phenoxy) is 2. The first-order valence-corrected chi connectivity index (χ1v) is 10.8. The summed E-state index contributed by atoms with van der Waals surface area (Å²) in [6.45, 7) is 0.454. The van der Waals surface area contributed by atoms with Crippen molar-refractivity contribution in [2.45, 2.75) is 12.6 Å². The van der Waals surface area contributed by atoms with Crippen molar-refractivity contribution in [2.24, 2.45) is 0 Å². The van der Waals surface area contributed by atoms with Crippen molar-refractivity contribution in [3.63, 3.8) is 0 Å². The molecule has 3 aromatic carbocycles. The predicted molar refractivity (Wildman–Crippen MR) is 128 cm³/mol. The van der Waals surface area contributed by atoms with Crippen LogP contribution in [0.3, 0.4) is 0 Å². The van der Waals surface area contributed by atoms with Gasteiger partial charge >= 0.3 is 6.03 Å². The van der Waals surface area contributed by atoms with Crippen LogP contribution in [0.2, 0.25) is 0 Å². The molecular weight excluding hydrogens is 414 g/mol. The number of rotatable bonds is 4. The van der Waals surface area contributed by atoms with E-state index in [1.807, 2.05) is 77.8 Å². The van der Waals surface area contributed by atoms with Gasteiger partial charge in [-0.3, -0.25) is 0 Å². The van der Waals surface area contributed by atoms with E-state index in [9.17, 15) is 4.79 Å².